The van der Waals surface area contributed by atoms with Crippen LogP contribution in [-0.2, 0) is 4.74 Å². The highest BCUT2D eigenvalue weighted by Crippen LogP contribution is 2.33. The quantitative estimate of drug-likeness (QED) is 0.527. The Hall–Kier alpha value is -3.28. The molecule has 0 aromatic carbocycles. The molecule has 0 saturated heterocycles. The van der Waals surface area contributed by atoms with E-state index in [0.29, 0.717) is 5.52 Å². The summed E-state index contributed by atoms with van der Waals surface area (Å²) >= 11 is 0. The van der Waals surface area contributed by atoms with Crippen molar-refractivity contribution in [1.29, 1.82) is 0 Å². The molecule has 0 amide bonds. The Morgan fingerprint density at radius 3 is 2.80 bits per heavy atom. The van der Waals surface area contributed by atoms with Crippen LogP contribution < -0.4 is 0 Å². The molecule has 0 saturated carbocycles. The number of rotatable bonds is 2. The van der Waals surface area contributed by atoms with Crippen molar-refractivity contribution in [1.82, 2.24) is 9.38 Å². The average Bonchev–Trinajstić information content (AvgIpc) is 2.94. The number of fused-ring (bicyclic) bond motifs is 4. The molecule has 1 aliphatic carbocycles. The van der Waals surface area contributed by atoms with E-state index in [2.05, 4.69) is 4.98 Å². The van der Waals surface area contributed by atoms with Gasteiger partial charge in [-0.3, -0.25) is 14.6 Å². The lowest BCUT2D eigenvalue weighted by Crippen LogP contribution is -2.24. The van der Waals surface area contributed by atoms with Crippen LogP contribution in [0.2, 0.25) is 0 Å². The van der Waals surface area contributed by atoms with Gasteiger partial charge < -0.3 is 9.14 Å². The standard InChI is InChI=1S/C19H14N2O4/c1-3-25-19(24)13-12-9-10(2)6-8-21(12)16-14(13)18(23)15-11(17(16)22)5-4-7-20-15/h4-9H,3H2,1-2H3. The summed E-state index contributed by atoms with van der Waals surface area (Å²) in [7, 11) is 0. The Labute approximate surface area is 143 Å². The number of carbonyl (C=O) groups is 3. The first-order valence-corrected chi connectivity index (χ1v) is 7.90. The number of ether oxygens (including phenoxy) is 1. The van der Waals surface area contributed by atoms with E-state index >= 15 is 0 Å². The summed E-state index contributed by atoms with van der Waals surface area (Å²) < 4.78 is 6.72. The van der Waals surface area contributed by atoms with Crippen molar-refractivity contribution in [2.75, 3.05) is 6.61 Å². The van der Waals surface area contributed by atoms with Gasteiger partial charge in [-0.05, 0) is 43.7 Å². The van der Waals surface area contributed by atoms with Gasteiger partial charge in [0.05, 0.1) is 28.8 Å². The number of hydrogen-bond acceptors (Lipinski definition) is 5. The van der Waals surface area contributed by atoms with Crippen LogP contribution in [0.1, 0.15) is 54.9 Å². The van der Waals surface area contributed by atoms with Gasteiger partial charge in [-0.1, -0.05) is 0 Å². The Bertz CT molecular complexity index is 1080. The molecule has 3 aromatic rings. The predicted octanol–water partition coefficient (Wildman–Crippen LogP) is 2.59. The number of aryl methyl sites for hydroxylation is 1. The molecular formula is C19H14N2O4. The maximum atomic E-state index is 13.0. The monoisotopic (exact) mass is 334 g/mol. The number of pyridine rings is 2. The number of aromatic nitrogens is 2. The van der Waals surface area contributed by atoms with E-state index < -0.39 is 11.8 Å². The van der Waals surface area contributed by atoms with Gasteiger partial charge in [0.25, 0.3) is 0 Å². The minimum Gasteiger partial charge on any atom is -0.462 e. The van der Waals surface area contributed by atoms with E-state index in [9.17, 15) is 14.4 Å². The molecule has 124 valence electrons. The van der Waals surface area contributed by atoms with Crippen molar-refractivity contribution in [3.05, 3.63) is 70.3 Å². The fourth-order valence-electron chi connectivity index (χ4n) is 3.23. The first-order chi connectivity index (χ1) is 12.0. The largest absolute Gasteiger partial charge is 0.462 e. The average molecular weight is 334 g/mol. The Morgan fingerprint density at radius 2 is 2.04 bits per heavy atom. The maximum absolute atomic E-state index is 13.0. The summed E-state index contributed by atoms with van der Waals surface area (Å²) in [4.78, 5) is 42.6. The number of ketones is 2. The van der Waals surface area contributed by atoms with Crippen molar-refractivity contribution in [3.8, 4) is 0 Å². The Morgan fingerprint density at radius 1 is 1.24 bits per heavy atom. The highest BCUT2D eigenvalue weighted by Gasteiger charge is 2.39. The molecule has 0 atom stereocenters. The first kappa shape index (κ1) is 15.3. The Kier molecular flexibility index (Phi) is 3.28. The lowest BCUT2D eigenvalue weighted by Gasteiger charge is -2.14. The smallest absolute Gasteiger partial charge is 0.341 e. The van der Waals surface area contributed by atoms with Crippen molar-refractivity contribution in [2.45, 2.75) is 13.8 Å². The molecule has 0 radical (unpaired) electrons. The van der Waals surface area contributed by atoms with Gasteiger partial charge in [-0.2, -0.15) is 0 Å². The van der Waals surface area contributed by atoms with Crippen LogP contribution in [0.4, 0.5) is 0 Å². The van der Waals surface area contributed by atoms with E-state index in [1.807, 2.05) is 13.0 Å². The topological polar surface area (TPSA) is 77.7 Å². The molecule has 1 aliphatic rings. The summed E-state index contributed by atoms with van der Waals surface area (Å²) in [6, 6.07) is 6.77. The summed E-state index contributed by atoms with van der Waals surface area (Å²) in [5, 5.41) is 0. The molecule has 0 fully saturated rings. The van der Waals surface area contributed by atoms with E-state index in [4.69, 9.17) is 4.74 Å². The lowest BCUT2D eigenvalue weighted by molar-refractivity contribution is 0.0526. The second-order valence-electron chi connectivity index (χ2n) is 5.84. The zero-order valence-electron chi connectivity index (χ0n) is 13.7. The zero-order chi connectivity index (χ0) is 17.7. The van der Waals surface area contributed by atoms with E-state index in [-0.39, 0.29) is 40.5 Å². The van der Waals surface area contributed by atoms with Crippen LogP contribution in [0.5, 0.6) is 0 Å². The molecule has 0 aliphatic heterocycles. The van der Waals surface area contributed by atoms with Gasteiger partial charge in [-0.25, -0.2) is 4.79 Å². The minimum atomic E-state index is -0.618. The zero-order valence-corrected chi connectivity index (χ0v) is 13.7. The third-order valence-corrected chi connectivity index (χ3v) is 4.28. The van der Waals surface area contributed by atoms with Crippen molar-refractivity contribution >= 4 is 23.1 Å². The van der Waals surface area contributed by atoms with Gasteiger partial charge in [-0.15, -0.1) is 0 Å². The van der Waals surface area contributed by atoms with Crippen LogP contribution in [-0.4, -0.2) is 33.5 Å². The molecule has 0 N–H and O–H groups in total. The molecule has 0 unspecified atom stereocenters. The molecule has 3 heterocycles. The molecule has 3 aromatic heterocycles. The second-order valence-corrected chi connectivity index (χ2v) is 5.84. The van der Waals surface area contributed by atoms with E-state index in [0.717, 1.165) is 5.56 Å². The molecule has 4 rings (SSSR count). The summed E-state index contributed by atoms with van der Waals surface area (Å²) in [6.45, 7) is 3.74. The van der Waals surface area contributed by atoms with Crippen LogP contribution in [0.25, 0.3) is 5.52 Å². The highest BCUT2D eigenvalue weighted by atomic mass is 16.5. The third kappa shape index (κ3) is 2.04. The summed E-state index contributed by atoms with van der Waals surface area (Å²) in [6.07, 6.45) is 3.15. The van der Waals surface area contributed by atoms with Gasteiger partial charge in [0.1, 0.15) is 11.4 Å². The van der Waals surface area contributed by atoms with Crippen molar-refractivity contribution in [3.63, 3.8) is 0 Å². The number of nitrogens with zero attached hydrogens (tertiary/aromatic N) is 2. The van der Waals surface area contributed by atoms with Crippen LogP contribution in [0, 0.1) is 6.92 Å². The minimum absolute atomic E-state index is 0.0678. The summed E-state index contributed by atoms with van der Waals surface area (Å²) in [5.41, 5.74) is 2.08. The Balaban J connectivity index is 2.13. The molecule has 0 bridgehead atoms. The van der Waals surface area contributed by atoms with Gasteiger partial charge in [0.2, 0.25) is 11.6 Å². The third-order valence-electron chi connectivity index (χ3n) is 4.28. The highest BCUT2D eigenvalue weighted by molar-refractivity contribution is 6.31. The normalized spacial score (nSPS) is 12.9. The van der Waals surface area contributed by atoms with Gasteiger partial charge in [0.15, 0.2) is 0 Å². The first-order valence-electron chi connectivity index (χ1n) is 7.90. The predicted molar refractivity (Wildman–Crippen MR) is 89.2 cm³/mol. The van der Waals surface area contributed by atoms with Crippen molar-refractivity contribution < 1.29 is 19.1 Å². The maximum Gasteiger partial charge on any atom is 0.341 e. The number of esters is 1. The van der Waals surface area contributed by atoms with E-state index in [1.54, 1.807) is 35.7 Å². The number of hydrogen-bond donors (Lipinski definition) is 0. The van der Waals surface area contributed by atoms with E-state index in [1.165, 1.54) is 6.20 Å². The lowest BCUT2D eigenvalue weighted by atomic mass is 9.89. The SMILES string of the molecule is CCOC(=O)c1c2c(n3ccc(C)cc13)C(=O)c1cccnc1C2=O. The van der Waals surface area contributed by atoms with Gasteiger partial charge in [0, 0.05) is 12.4 Å². The summed E-state index contributed by atoms with van der Waals surface area (Å²) in [5.74, 6) is -1.38. The molecule has 25 heavy (non-hydrogen) atoms. The molecule has 6 heteroatoms. The van der Waals surface area contributed by atoms with Crippen LogP contribution >= 0.6 is 0 Å². The van der Waals surface area contributed by atoms with Crippen LogP contribution in [0.3, 0.4) is 0 Å². The van der Waals surface area contributed by atoms with Gasteiger partial charge >= 0.3 is 5.97 Å². The second kappa shape index (κ2) is 5.37. The molecule has 6 nitrogen and oxygen atoms in total. The van der Waals surface area contributed by atoms with Crippen LogP contribution in [0.15, 0.2) is 36.7 Å². The fourth-order valence-corrected chi connectivity index (χ4v) is 3.23. The fraction of sp³-hybridized carbons (Fsp3) is 0.158. The molecular weight excluding hydrogens is 320 g/mol. The molecule has 0 spiro atoms. The van der Waals surface area contributed by atoms with Crippen molar-refractivity contribution in [2.24, 2.45) is 0 Å². The number of carbonyl (C=O) groups excluding carboxylic acids is 3.